The molecule has 5 heteroatoms. The molecule has 2 rings (SSSR count). The van der Waals surface area contributed by atoms with Crippen molar-refractivity contribution < 1.29 is 18.7 Å². The number of nitrogens with one attached hydrogen (secondary N) is 1. The average Bonchev–Trinajstić information content (AvgIpc) is 2.46. The predicted octanol–water partition coefficient (Wildman–Crippen LogP) is 2.30. The molecule has 0 heterocycles. The van der Waals surface area contributed by atoms with Gasteiger partial charge in [-0.1, -0.05) is 30.3 Å². The van der Waals surface area contributed by atoms with Gasteiger partial charge < -0.3 is 10.4 Å². The molecule has 0 aliphatic heterocycles. The van der Waals surface area contributed by atoms with E-state index in [0.29, 0.717) is 12.5 Å². The summed E-state index contributed by atoms with van der Waals surface area (Å²) in [4.78, 5) is 12.0. The van der Waals surface area contributed by atoms with Gasteiger partial charge in [0.15, 0.2) is 0 Å². The van der Waals surface area contributed by atoms with Crippen molar-refractivity contribution in [3.05, 3.63) is 71.3 Å². The highest BCUT2D eigenvalue weighted by Crippen LogP contribution is 2.09. The Morgan fingerprint density at radius 2 is 1.71 bits per heavy atom. The molecule has 21 heavy (non-hydrogen) atoms. The van der Waals surface area contributed by atoms with Gasteiger partial charge in [-0.25, -0.2) is 8.78 Å². The monoisotopic (exact) mass is 291 g/mol. The van der Waals surface area contributed by atoms with E-state index in [-0.39, 0.29) is 12.2 Å². The van der Waals surface area contributed by atoms with E-state index < -0.39 is 23.6 Å². The third-order valence-electron chi connectivity index (χ3n) is 3.01. The molecule has 3 nitrogen and oxygen atoms in total. The molecule has 2 aromatic rings. The summed E-state index contributed by atoms with van der Waals surface area (Å²) < 4.78 is 26.2. The zero-order chi connectivity index (χ0) is 15.2. The van der Waals surface area contributed by atoms with Crippen molar-refractivity contribution in [3.63, 3.8) is 0 Å². The first kappa shape index (κ1) is 15.1. The Morgan fingerprint density at radius 1 is 1.10 bits per heavy atom. The van der Waals surface area contributed by atoms with E-state index in [1.54, 1.807) is 0 Å². The Morgan fingerprint density at radius 3 is 2.29 bits per heavy atom. The SMILES string of the molecule is O=C(NC(CO)Cc1ccccc1)c1cc(F)cc(F)c1. The molecule has 2 N–H and O–H groups in total. The molecular weight excluding hydrogens is 276 g/mol. The third-order valence-corrected chi connectivity index (χ3v) is 3.01. The number of carbonyl (C=O) groups is 1. The van der Waals surface area contributed by atoms with Crippen molar-refractivity contribution in [3.8, 4) is 0 Å². The normalized spacial score (nSPS) is 12.0. The molecule has 0 aliphatic rings. The molecule has 0 aromatic heterocycles. The first-order valence-electron chi connectivity index (χ1n) is 6.50. The second-order valence-corrected chi connectivity index (χ2v) is 4.70. The van der Waals surface area contributed by atoms with Crippen LogP contribution in [0.3, 0.4) is 0 Å². The fraction of sp³-hybridized carbons (Fsp3) is 0.188. The third kappa shape index (κ3) is 4.36. The summed E-state index contributed by atoms with van der Waals surface area (Å²) in [6.45, 7) is -0.265. The maximum absolute atomic E-state index is 13.1. The molecule has 0 radical (unpaired) electrons. The summed E-state index contributed by atoms with van der Waals surface area (Å²) in [5.74, 6) is -2.25. The van der Waals surface area contributed by atoms with Crippen LogP contribution in [0.1, 0.15) is 15.9 Å². The second kappa shape index (κ2) is 6.95. The van der Waals surface area contributed by atoms with E-state index in [1.807, 2.05) is 30.3 Å². The molecule has 110 valence electrons. The highest BCUT2D eigenvalue weighted by atomic mass is 19.1. The minimum atomic E-state index is -0.816. The summed E-state index contributed by atoms with van der Waals surface area (Å²) >= 11 is 0. The number of benzene rings is 2. The molecule has 0 fully saturated rings. The summed E-state index contributed by atoms with van der Waals surface area (Å²) in [5, 5.41) is 11.9. The number of hydrogen-bond acceptors (Lipinski definition) is 2. The van der Waals surface area contributed by atoms with Crippen LogP contribution >= 0.6 is 0 Å². The van der Waals surface area contributed by atoms with Crippen LogP contribution in [0, 0.1) is 11.6 Å². The van der Waals surface area contributed by atoms with Gasteiger partial charge >= 0.3 is 0 Å². The van der Waals surface area contributed by atoms with Crippen LogP contribution in [0.4, 0.5) is 8.78 Å². The Kier molecular flexibility index (Phi) is 5.00. The standard InChI is InChI=1S/C16H15F2NO2/c17-13-7-12(8-14(18)9-13)16(21)19-15(10-20)6-11-4-2-1-3-5-11/h1-5,7-9,15,20H,6,10H2,(H,19,21). The zero-order valence-electron chi connectivity index (χ0n) is 11.2. The molecule has 1 amide bonds. The number of rotatable bonds is 5. The highest BCUT2D eigenvalue weighted by Gasteiger charge is 2.15. The molecule has 0 bridgehead atoms. The predicted molar refractivity (Wildman–Crippen MR) is 74.8 cm³/mol. The lowest BCUT2D eigenvalue weighted by atomic mass is 10.1. The molecule has 1 atom stereocenters. The van der Waals surface area contributed by atoms with Crippen LogP contribution in [0.15, 0.2) is 48.5 Å². The van der Waals surface area contributed by atoms with Crippen LogP contribution in [-0.2, 0) is 6.42 Å². The maximum atomic E-state index is 13.1. The average molecular weight is 291 g/mol. The van der Waals surface area contributed by atoms with E-state index in [4.69, 9.17) is 0 Å². The minimum absolute atomic E-state index is 0.112. The summed E-state index contributed by atoms with van der Waals surface area (Å²) in [5.41, 5.74) is 0.835. The van der Waals surface area contributed by atoms with E-state index in [2.05, 4.69) is 5.32 Å². The van der Waals surface area contributed by atoms with Crippen LogP contribution in [-0.4, -0.2) is 23.7 Å². The van der Waals surface area contributed by atoms with Crippen molar-refractivity contribution >= 4 is 5.91 Å². The Balaban J connectivity index is 2.05. The van der Waals surface area contributed by atoms with E-state index in [9.17, 15) is 18.7 Å². The molecule has 1 unspecified atom stereocenters. The first-order chi connectivity index (χ1) is 10.1. The van der Waals surface area contributed by atoms with Crippen molar-refractivity contribution in [2.75, 3.05) is 6.61 Å². The Bertz CT molecular complexity index is 597. The van der Waals surface area contributed by atoms with Crippen molar-refractivity contribution in [2.24, 2.45) is 0 Å². The van der Waals surface area contributed by atoms with Crippen molar-refractivity contribution in [1.82, 2.24) is 5.32 Å². The van der Waals surface area contributed by atoms with Gasteiger partial charge in [0.05, 0.1) is 12.6 Å². The van der Waals surface area contributed by atoms with Crippen LogP contribution in [0.5, 0.6) is 0 Å². The summed E-state index contributed by atoms with van der Waals surface area (Å²) in [6, 6.07) is 11.4. The number of hydrogen-bond donors (Lipinski definition) is 2. The largest absolute Gasteiger partial charge is 0.394 e. The second-order valence-electron chi connectivity index (χ2n) is 4.70. The van der Waals surface area contributed by atoms with Crippen LogP contribution in [0.2, 0.25) is 0 Å². The molecule has 0 aliphatic carbocycles. The van der Waals surface area contributed by atoms with Gasteiger partial charge in [0, 0.05) is 11.6 Å². The number of carbonyl (C=O) groups excluding carboxylic acids is 1. The number of aliphatic hydroxyl groups excluding tert-OH is 1. The Hall–Kier alpha value is -2.27. The van der Waals surface area contributed by atoms with Crippen LogP contribution < -0.4 is 5.32 Å². The summed E-state index contributed by atoms with van der Waals surface area (Å²) in [7, 11) is 0. The van der Waals surface area contributed by atoms with Gasteiger partial charge in [-0.15, -0.1) is 0 Å². The van der Waals surface area contributed by atoms with Gasteiger partial charge in [-0.05, 0) is 24.1 Å². The highest BCUT2D eigenvalue weighted by molar-refractivity contribution is 5.94. The minimum Gasteiger partial charge on any atom is -0.394 e. The number of aliphatic hydroxyl groups is 1. The fourth-order valence-electron chi connectivity index (χ4n) is 2.01. The quantitative estimate of drug-likeness (QED) is 0.888. The maximum Gasteiger partial charge on any atom is 0.251 e. The van der Waals surface area contributed by atoms with Gasteiger partial charge in [0.1, 0.15) is 11.6 Å². The molecule has 0 saturated heterocycles. The van der Waals surface area contributed by atoms with Gasteiger partial charge in [-0.2, -0.15) is 0 Å². The van der Waals surface area contributed by atoms with Crippen molar-refractivity contribution in [2.45, 2.75) is 12.5 Å². The van der Waals surface area contributed by atoms with Gasteiger partial charge in [-0.3, -0.25) is 4.79 Å². The smallest absolute Gasteiger partial charge is 0.251 e. The van der Waals surface area contributed by atoms with Crippen molar-refractivity contribution in [1.29, 1.82) is 0 Å². The van der Waals surface area contributed by atoms with Gasteiger partial charge in [0.2, 0.25) is 0 Å². The van der Waals surface area contributed by atoms with Crippen LogP contribution in [0.25, 0.3) is 0 Å². The number of amides is 1. The van der Waals surface area contributed by atoms with Gasteiger partial charge in [0.25, 0.3) is 5.91 Å². The lowest BCUT2D eigenvalue weighted by Crippen LogP contribution is -2.39. The number of halogens is 2. The van der Waals surface area contributed by atoms with E-state index >= 15 is 0 Å². The first-order valence-corrected chi connectivity index (χ1v) is 6.50. The van der Waals surface area contributed by atoms with E-state index in [0.717, 1.165) is 17.7 Å². The topological polar surface area (TPSA) is 49.3 Å². The summed E-state index contributed by atoms with van der Waals surface area (Å²) in [6.07, 6.45) is 0.431. The lowest BCUT2D eigenvalue weighted by molar-refractivity contribution is 0.0915. The molecule has 2 aromatic carbocycles. The fourth-order valence-corrected chi connectivity index (χ4v) is 2.01. The molecular formula is C16H15F2NO2. The Labute approximate surface area is 121 Å². The lowest BCUT2D eigenvalue weighted by Gasteiger charge is -2.16. The molecule has 0 spiro atoms. The molecule has 0 saturated carbocycles. The zero-order valence-corrected chi connectivity index (χ0v) is 11.2. The van der Waals surface area contributed by atoms with E-state index in [1.165, 1.54) is 0 Å².